The highest BCUT2D eigenvalue weighted by Gasteiger charge is 2.32. The van der Waals surface area contributed by atoms with Crippen molar-refractivity contribution in [2.45, 2.75) is 18.1 Å². The molecule has 1 heterocycles. The quantitative estimate of drug-likeness (QED) is 0.525. The number of carbonyl (C=O) groups is 2. The Morgan fingerprint density at radius 3 is 2.73 bits per heavy atom. The van der Waals surface area contributed by atoms with Crippen LogP contribution in [0.4, 0.5) is 0 Å². The van der Waals surface area contributed by atoms with Crippen molar-refractivity contribution in [3.8, 4) is 0 Å². The van der Waals surface area contributed by atoms with Gasteiger partial charge in [0.2, 0.25) is 5.91 Å². The number of hydrogen-bond acceptors (Lipinski definition) is 6. The molecule has 3 N–H and O–H groups in total. The van der Waals surface area contributed by atoms with Crippen LogP contribution in [0.25, 0.3) is 0 Å². The Hall–Kier alpha value is -2.19. The number of carbonyl (C=O) groups excluding carboxylic acids is 1. The Bertz CT molecular complexity index is 613. The maximum atomic E-state index is 11.5. The molecule has 1 saturated heterocycles. The number of nitrogens with one attached hydrogen (secondary N) is 1. The van der Waals surface area contributed by atoms with Crippen LogP contribution >= 0.6 is 11.8 Å². The Kier molecular flexibility index (Phi) is 5.68. The van der Waals surface area contributed by atoms with E-state index in [1.165, 1.54) is 6.21 Å². The molecule has 1 aliphatic rings. The molecule has 22 heavy (non-hydrogen) atoms. The average Bonchev–Trinajstić information content (AvgIpc) is 2.81. The molecule has 1 atom stereocenters. The van der Waals surface area contributed by atoms with Gasteiger partial charge in [-0.2, -0.15) is 5.10 Å². The second kappa shape index (κ2) is 7.71. The Labute approximate surface area is 131 Å². The van der Waals surface area contributed by atoms with E-state index in [2.05, 4.69) is 15.5 Å². The van der Waals surface area contributed by atoms with Crippen LogP contribution in [-0.4, -0.2) is 45.3 Å². The highest BCUT2D eigenvalue weighted by molar-refractivity contribution is 8.15. The summed E-state index contributed by atoms with van der Waals surface area (Å²) in [6, 6.07) is 7.48. The van der Waals surface area contributed by atoms with Gasteiger partial charge < -0.3 is 15.5 Å². The molecule has 116 valence electrons. The van der Waals surface area contributed by atoms with Gasteiger partial charge in [0.15, 0.2) is 5.17 Å². The number of aliphatic hydroxyl groups excluding tert-OH is 1. The lowest BCUT2D eigenvalue weighted by molar-refractivity contribution is -0.138. The van der Waals surface area contributed by atoms with E-state index in [-0.39, 0.29) is 18.9 Å². The molecule has 0 bridgehead atoms. The van der Waals surface area contributed by atoms with Crippen LogP contribution in [0.1, 0.15) is 17.5 Å². The maximum absolute atomic E-state index is 11.5. The number of amides is 1. The second-order valence-corrected chi connectivity index (χ2v) is 5.75. The number of rotatable bonds is 6. The average molecular weight is 321 g/mol. The predicted molar refractivity (Wildman–Crippen MR) is 84.0 cm³/mol. The Balaban J connectivity index is 1.94. The lowest BCUT2D eigenvalue weighted by Crippen LogP contribution is -2.26. The number of benzene rings is 1. The summed E-state index contributed by atoms with van der Waals surface area (Å²) in [7, 11) is 0. The molecule has 2 rings (SSSR count). The molecule has 7 nitrogen and oxygen atoms in total. The van der Waals surface area contributed by atoms with Gasteiger partial charge in [-0.1, -0.05) is 36.0 Å². The predicted octanol–water partition coefficient (Wildman–Crippen LogP) is 0.618. The van der Waals surface area contributed by atoms with Crippen molar-refractivity contribution < 1.29 is 19.8 Å². The summed E-state index contributed by atoms with van der Waals surface area (Å²) in [5, 5.41) is 27.4. The number of carboxylic acids is 1. The van der Waals surface area contributed by atoms with Gasteiger partial charge in [-0.25, -0.2) is 0 Å². The number of nitrogens with zero attached hydrogens (tertiary/aromatic N) is 2. The topological polar surface area (TPSA) is 111 Å². The normalized spacial score (nSPS) is 19.8. The highest BCUT2D eigenvalue weighted by Crippen LogP contribution is 2.22. The summed E-state index contributed by atoms with van der Waals surface area (Å²) >= 11 is 1.06. The molecule has 1 aliphatic heterocycles. The van der Waals surface area contributed by atoms with Crippen molar-refractivity contribution in [2.24, 2.45) is 10.2 Å². The zero-order valence-electron chi connectivity index (χ0n) is 11.6. The number of thioether (sulfide) groups is 1. The first-order valence-corrected chi connectivity index (χ1v) is 7.46. The summed E-state index contributed by atoms with van der Waals surface area (Å²) in [5.74, 6) is -1.39. The fraction of sp³-hybridized carbons (Fsp3) is 0.286. The smallest absolute Gasteiger partial charge is 0.305 e. The molecule has 8 heteroatoms. The van der Waals surface area contributed by atoms with Crippen LogP contribution < -0.4 is 5.32 Å². The minimum Gasteiger partial charge on any atom is -0.481 e. The molecule has 0 saturated carbocycles. The Morgan fingerprint density at radius 1 is 1.36 bits per heavy atom. The molecule has 1 aromatic carbocycles. The van der Waals surface area contributed by atoms with E-state index in [1.807, 2.05) is 24.3 Å². The SMILES string of the molecule is O=C(O)CC1SC(=NN=Cc2ccc(CCO)cc2)NC1=O. The third-order valence-electron chi connectivity index (χ3n) is 2.87. The lowest BCUT2D eigenvalue weighted by atomic mass is 10.1. The van der Waals surface area contributed by atoms with Gasteiger partial charge in [-0.05, 0) is 17.5 Å². The molecule has 1 fully saturated rings. The van der Waals surface area contributed by atoms with Gasteiger partial charge in [0.05, 0.1) is 12.6 Å². The monoisotopic (exact) mass is 321 g/mol. The first kappa shape index (κ1) is 16.2. The van der Waals surface area contributed by atoms with Crippen LogP contribution in [0.2, 0.25) is 0 Å². The number of hydrogen-bond donors (Lipinski definition) is 3. The number of aliphatic carboxylic acids is 1. The van der Waals surface area contributed by atoms with Crippen molar-refractivity contribution >= 4 is 35.0 Å². The van der Waals surface area contributed by atoms with Crippen molar-refractivity contribution in [2.75, 3.05) is 6.61 Å². The van der Waals surface area contributed by atoms with Gasteiger partial charge in [0.25, 0.3) is 0 Å². The van der Waals surface area contributed by atoms with Crippen molar-refractivity contribution in [3.05, 3.63) is 35.4 Å². The summed E-state index contributed by atoms with van der Waals surface area (Å²) < 4.78 is 0. The molecule has 1 unspecified atom stereocenters. The zero-order chi connectivity index (χ0) is 15.9. The van der Waals surface area contributed by atoms with E-state index in [9.17, 15) is 9.59 Å². The van der Waals surface area contributed by atoms with E-state index in [1.54, 1.807) is 0 Å². The van der Waals surface area contributed by atoms with Gasteiger partial charge in [-0.3, -0.25) is 9.59 Å². The van der Waals surface area contributed by atoms with Gasteiger partial charge in [-0.15, -0.1) is 5.10 Å². The molecule has 0 radical (unpaired) electrons. The molecule has 1 amide bonds. The van der Waals surface area contributed by atoms with E-state index in [0.29, 0.717) is 11.6 Å². The largest absolute Gasteiger partial charge is 0.481 e. The molecular weight excluding hydrogens is 306 g/mol. The fourth-order valence-electron chi connectivity index (χ4n) is 1.79. The second-order valence-electron chi connectivity index (χ2n) is 4.56. The van der Waals surface area contributed by atoms with Crippen LogP contribution in [0.3, 0.4) is 0 Å². The highest BCUT2D eigenvalue weighted by atomic mass is 32.2. The van der Waals surface area contributed by atoms with E-state index >= 15 is 0 Å². The van der Waals surface area contributed by atoms with Crippen LogP contribution in [0, 0.1) is 0 Å². The standard InChI is InChI=1S/C14H15N3O4S/c18-6-5-9-1-3-10(4-2-9)8-15-17-14-16-13(21)11(22-14)7-12(19)20/h1-4,8,11,18H,5-7H2,(H,19,20)(H,16,17,21). The Morgan fingerprint density at radius 2 is 2.09 bits per heavy atom. The third-order valence-corrected chi connectivity index (χ3v) is 3.94. The molecule has 0 spiro atoms. The number of carboxylic acid groups (broad SMARTS) is 1. The number of amidine groups is 1. The molecule has 0 aliphatic carbocycles. The molecule has 0 aromatic heterocycles. The van der Waals surface area contributed by atoms with E-state index < -0.39 is 11.2 Å². The van der Waals surface area contributed by atoms with E-state index in [4.69, 9.17) is 10.2 Å². The van der Waals surface area contributed by atoms with Crippen LogP contribution in [-0.2, 0) is 16.0 Å². The number of aliphatic hydroxyl groups is 1. The van der Waals surface area contributed by atoms with Crippen molar-refractivity contribution in [3.63, 3.8) is 0 Å². The van der Waals surface area contributed by atoms with Gasteiger partial charge in [0, 0.05) is 6.61 Å². The van der Waals surface area contributed by atoms with Crippen molar-refractivity contribution in [1.29, 1.82) is 0 Å². The van der Waals surface area contributed by atoms with Crippen molar-refractivity contribution in [1.82, 2.24) is 5.32 Å². The van der Waals surface area contributed by atoms with Crippen LogP contribution in [0.15, 0.2) is 34.5 Å². The van der Waals surface area contributed by atoms with Gasteiger partial charge >= 0.3 is 5.97 Å². The first-order valence-electron chi connectivity index (χ1n) is 6.58. The fourth-order valence-corrected chi connectivity index (χ4v) is 2.71. The summed E-state index contributed by atoms with van der Waals surface area (Å²) in [6.45, 7) is 0.107. The van der Waals surface area contributed by atoms with E-state index in [0.717, 1.165) is 22.9 Å². The maximum Gasteiger partial charge on any atom is 0.305 e. The minimum absolute atomic E-state index is 0.107. The molecule has 1 aromatic rings. The summed E-state index contributed by atoms with van der Waals surface area (Å²) in [6.07, 6.45) is 1.89. The zero-order valence-corrected chi connectivity index (χ0v) is 12.4. The minimum atomic E-state index is -1.03. The summed E-state index contributed by atoms with van der Waals surface area (Å²) in [4.78, 5) is 22.1. The lowest BCUT2D eigenvalue weighted by Gasteiger charge is -1.98. The summed E-state index contributed by atoms with van der Waals surface area (Å²) in [5.41, 5.74) is 1.86. The third kappa shape index (κ3) is 4.68. The molecular formula is C14H15N3O4S. The first-order chi connectivity index (χ1) is 10.6. The van der Waals surface area contributed by atoms with Gasteiger partial charge in [0.1, 0.15) is 5.25 Å². The van der Waals surface area contributed by atoms with Crippen LogP contribution in [0.5, 0.6) is 0 Å².